The van der Waals surface area contributed by atoms with Crippen LogP contribution >= 0.6 is 0 Å². The van der Waals surface area contributed by atoms with Crippen LogP contribution in [-0.4, -0.2) is 36.8 Å². The Morgan fingerprint density at radius 2 is 1.70 bits per heavy atom. The van der Waals surface area contributed by atoms with Gasteiger partial charge in [0.25, 0.3) is 11.8 Å². The maximum Gasteiger partial charge on any atom is 0.263 e. The van der Waals surface area contributed by atoms with Crippen LogP contribution in [0.4, 0.5) is 5.69 Å². The smallest absolute Gasteiger partial charge is 0.263 e. The zero-order chi connectivity index (χ0) is 14.5. The second-order valence-corrected chi connectivity index (χ2v) is 10.8. The Kier molecular flexibility index (Phi) is 2.75. The van der Waals surface area contributed by atoms with Crippen LogP contribution in [0.2, 0.25) is 19.6 Å². The van der Waals surface area contributed by atoms with Crippen LogP contribution in [-0.2, 0) is 9.59 Å². The van der Waals surface area contributed by atoms with E-state index in [9.17, 15) is 9.59 Å². The van der Waals surface area contributed by atoms with Crippen LogP contribution in [0, 0.1) is 0 Å². The first-order chi connectivity index (χ1) is 9.41. The molecule has 3 rings (SSSR count). The maximum absolute atomic E-state index is 12.6. The van der Waals surface area contributed by atoms with Gasteiger partial charge in [0.1, 0.15) is 0 Å². The SMILES string of the molecule is C[Si](C)(C)N1N=N[C@H]2C(=O)N(c3ccccc3)C(=O)[C@@H]21. The molecule has 0 saturated carbocycles. The normalized spacial score (nSPS) is 25.6. The van der Waals surface area contributed by atoms with Crippen LogP contribution in [0.15, 0.2) is 40.7 Å². The summed E-state index contributed by atoms with van der Waals surface area (Å²) in [5.41, 5.74) is 0.600. The molecule has 2 amide bonds. The molecule has 2 aliphatic rings. The van der Waals surface area contributed by atoms with Gasteiger partial charge in [-0.05, 0) is 12.1 Å². The van der Waals surface area contributed by atoms with Crippen molar-refractivity contribution in [2.75, 3.05) is 4.90 Å². The van der Waals surface area contributed by atoms with Gasteiger partial charge >= 0.3 is 0 Å². The number of fused-ring (bicyclic) bond motifs is 1. The van der Waals surface area contributed by atoms with Crippen molar-refractivity contribution in [1.82, 2.24) is 4.67 Å². The van der Waals surface area contributed by atoms with E-state index in [1.807, 2.05) is 18.2 Å². The lowest BCUT2D eigenvalue weighted by Crippen LogP contribution is -2.51. The third kappa shape index (κ3) is 1.77. The molecule has 0 bridgehead atoms. The Balaban J connectivity index is 1.98. The Bertz CT molecular complexity index is 596. The molecule has 104 valence electrons. The number of para-hydroxylation sites is 1. The zero-order valence-corrected chi connectivity index (χ0v) is 12.6. The van der Waals surface area contributed by atoms with Gasteiger partial charge in [0.05, 0.1) is 5.69 Å². The molecule has 0 spiro atoms. The van der Waals surface area contributed by atoms with E-state index in [1.54, 1.807) is 16.8 Å². The quantitative estimate of drug-likeness (QED) is 0.616. The molecule has 2 aliphatic heterocycles. The molecule has 0 aliphatic carbocycles. The summed E-state index contributed by atoms with van der Waals surface area (Å²) in [5.74, 6) is -0.505. The van der Waals surface area contributed by atoms with Gasteiger partial charge in [-0.2, -0.15) is 5.11 Å². The van der Waals surface area contributed by atoms with Crippen LogP contribution in [0.5, 0.6) is 0 Å². The first-order valence-corrected chi connectivity index (χ1v) is 9.99. The van der Waals surface area contributed by atoms with Crippen molar-refractivity contribution >= 4 is 25.7 Å². The highest BCUT2D eigenvalue weighted by Gasteiger charge is 2.56. The van der Waals surface area contributed by atoms with Crippen molar-refractivity contribution < 1.29 is 9.59 Å². The number of anilines is 1. The van der Waals surface area contributed by atoms with Gasteiger partial charge in [0.2, 0.25) is 0 Å². The molecule has 0 radical (unpaired) electrons. The monoisotopic (exact) mass is 288 g/mol. The summed E-state index contributed by atoms with van der Waals surface area (Å²) in [6.45, 7) is 6.24. The standard InChI is InChI=1S/C13H16N4O2Si/c1-20(2,3)17-11-10(14-15-17)12(18)16(13(11)19)9-7-5-4-6-8-9/h4-8,10-11H,1-3H3/t10-,11-/m1/s1. The predicted octanol–water partition coefficient (Wildman–Crippen LogP) is 1.81. The molecule has 1 aromatic carbocycles. The number of hydrogen-bond acceptors (Lipinski definition) is 5. The predicted molar refractivity (Wildman–Crippen MR) is 76.6 cm³/mol. The molecular weight excluding hydrogens is 272 g/mol. The molecule has 2 heterocycles. The van der Waals surface area contributed by atoms with Crippen molar-refractivity contribution in [3.05, 3.63) is 30.3 Å². The molecular formula is C13H16N4O2Si. The van der Waals surface area contributed by atoms with Crippen molar-refractivity contribution in [1.29, 1.82) is 0 Å². The van der Waals surface area contributed by atoms with Gasteiger partial charge in [-0.25, -0.2) is 4.90 Å². The minimum Gasteiger partial charge on any atom is -0.292 e. The number of nitrogens with zero attached hydrogens (tertiary/aromatic N) is 4. The van der Waals surface area contributed by atoms with E-state index in [-0.39, 0.29) is 11.8 Å². The summed E-state index contributed by atoms with van der Waals surface area (Å²) in [7, 11) is -1.84. The van der Waals surface area contributed by atoms with E-state index in [0.29, 0.717) is 5.69 Å². The summed E-state index contributed by atoms with van der Waals surface area (Å²) in [5, 5.41) is 8.10. The van der Waals surface area contributed by atoms with Crippen LogP contribution in [0.3, 0.4) is 0 Å². The zero-order valence-electron chi connectivity index (χ0n) is 11.6. The second-order valence-electron chi connectivity index (χ2n) is 5.96. The molecule has 0 unspecified atom stereocenters. The third-order valence-corrected chi connectivity index (χ3v) is 5.23. The molecule has 6 nitrogen and oxygen atoms in total. The van der Waals surface area contributed by atoms with Crippen molar-refractivity contribution in [3.63, 3.8) is 0 Å². The van der Waals surface area contributed by atoms with E-state index in [0.717, 1.165) is 0 Å². The van der Waals surface area contributed by atoms with Crippen molar-refractivity contribution in [3.8, 4) is 0 Å². The maximum atomic E-state index is 12.6. The largest absolute Gasteiger partial charge is 0.292 e. The Hall–Kier alpha value is -2.02. The summed E-state index contributed by atoms with van der Waals surface area (Å²) in [4.78, 5) is 26.3. The van der Waals surface area contributed by atoms with E-state index < -0.39 is 20.3 Å². The number of imide groups is 1. The lowest BCUT2D eigenvalue weighted by atomic mass is 10.2. The average Bonchev–Trinajstić information content (AvgIpc) is 2.92. The molecule has 1 fully saturated rings. The van der Waals surface area contributed by atoms with Crippen LogP contribution in [0.1, 0.15) is 0 Å². The van der Waals surface area contributed by atoms with E-state index in [2.05, 4.69) is 30.0 Å². The average molecular weight is 288 g/mol. The van der Waals surface area contributed by atoms with Gasteiger partial charge in [0, 0.05) is 0 Å². The molecule has 2 atom stereocenters. The number of hydrogen-bond donors (Lipinski definition) is 0. The molecule has 1 saturated heterocycles. The van der Waals surface area contributed by atoms with Gasteiger partial charge in [-0.3, -0.25) is 14.3 Å². The second kappa shape index (κ2) is 4.24. The summed E-state index contributed by atoms with van der Waals surface area (Å²) >= 11 is 0. The molecule has 20 heavy (non-hydrogen) atoms. The number of carbonyl (C=O) groups excluding carboxylic acids is 2. The minimum atomic E-state index is -1.84. The summed E-state index contributed by atoms with van der Waals surface area (Å²) in [6, 6.07) is 7.73. The Morgan fingerprint density at radius 1 is 1.05 bits per heavy atom. The third-order valence-electron chi connectivity index (χ3n) is 3.48. The highest BCUT2D eigenvalue weighted by Crippen LogP contribution is 2.34. The highest BCUT2D eigenvalue weighted by atomic mass is 28.3. The number of amides is 2. The first kappa shape index (κ1) is 13.0. The Morgan fingerprint density at radius 3 is 2.30 bits per heavy atom. The topological polar surface area (TPSA) is 65.3 Å². The lowest BCUT2D eigenvalue weighted by Gasteiger charge is -2.31. The van der Waals surface area contributed by atoms with Gasteiger partial charge in [-0.1, -0.05) is 43.1 Å². The first-order valence-electron chi connectivity index (χ1n) is 6.54. The van der Waals surface area contributed by atoms with E-state index in [1.165, 1.54) is 4.90 Å². The summed E-state index contributed by atoms with van der Waals surface area (Å²) in [6.07, 6.45) is 0. The fourth-order valence-electron chi connectivity index (χ4n) is 2.54. The minimum absolute atomic E-state index is 0.223. The van der Waals surface area contributed by atoms with Crippen molar-refractivity contribution in [2.24, 2.45) is 10.3 Å². The van der Waals surface area contributed by atoms with Gasteiger partial charge in [-0.15, -0.1) is 0 Å². The van der Waals surface area contributed by atoms with Gasteiger partial charge < -0.3 is 0 Å². The van der Waals surface area contributed by atoms with Crippen LogP contribution in [0.25, 0.3) is 0 Å². The molecule has 7 heteroatoms. The molecule has 0 aromatic heterocycles. The van der Waals surface area contributed by atoms with E-state index in [4.69, 9.17) is 0 Å². The molecule has 0 N–H and O–H groups in total. The van der Waals surface area contributed by atoms with Crippen LogP contribution < -0.4 is 4.90 Å². The number of rotatable bonds is 2. The highest BCUT2D eigenvalue weighted by molar-refractivity contribution is 6.73. The Labute approximate surface area is 118 Å². The number of benzene rings is 1. The van der Waals surface area contributed by atoms with Gasteiger partial charge in [0.15, 0.2) is 20.3 Å². The fraction of sp³-hybridized carbons (Fsp3) is 0.385. The number of carbonyl (C=O) groups is 2. The van der Waals surface area contributed by atoms with E-state index >= 15 is 0 Å². The molecule has 1 aromatic rings. The van der Waals surface area contributed by atoms with Crippen molar-refractivity contribution in [2.45, 2.75) is 31.7 Å². The fourth-order valence-corrected chi connectivity index (χ4v) is 3.95. The lowest BCUT2D eigenvalue weighted by molar-refractivity contribution is -0.122. The summed E-state index contributed by atoms with van der Waals surface area (Å²) < 4.78 is 1.76.